The Kier molecular flexibility index (Phi) is 5.38. The lowest BCUT2D eigenvalue weighted by Gasteiger charge is -2.11. The second kappa shape index (κ2) is 8.06. The number of para-hydroxylation sites is 1. The van der Waals surface area contributed by atoms with Gasteiger partial charge in [-0.15, -0.1) is 0 Å². The molecule has 0 saturated heterocycles. The van der Waals surface area contributed by atoms with Gasteiger partial charge in [0.05, 0.1) is 0 Å². The molecule has 1 N–H and O–H groups in total. The summed E-state index contributed by atoms with van der Waals surface area (Å²) >= 11 is 0. The molecule has 1 heterocycles. The summed E-state index contributed by atoms with van der Waals surface area (Å²) < 4.78 is 24.2. The summed E-state index contributed by atoms with van der Waals surface area (Å²) in [6.45, 7) is 1.53. The van der Waals surface area contributed by atoms with Gasteiger partial charge in [0.1, 0.15) is 5.75 Å². The minimum Gasteiger partial charge on any atom is -0.481 e. The van der Waals surface area contributed by atoms with E-state index in [1.54, 1.807) is 48.8 Å². The van der Waals surface area contributed by atoms with Gasteiger partial charge >= 0.3 is 6.01 Å². The van der Waals surface area contributed by atoms with Gasteiger partial charge in [0.15, 0.2) is 18.2 Å². The Morgan fingerprint density at radius 2 is 1.88 bits per heavy atom. The van der Waals surface area contributed by atoms with Gasteiger partial charge in [0.2, 0.25) is 0 Å². The highest BCUT2D eigenvalue weighted by molar-refractivity contribution is 5.92. The third-order valence-corrected chi connectivity index (χ3v) is 3.42. The van der Waals surface area contributed by atoms with Crippen LogP contribution in [0.1, 0.15) is 5.56 Å². The van der Waals surface area contributed by atoms with Crippen LogP contribution in [0.4, 0.5) is 10.1 Å². The number of benzene rings is 2. The van der Waals surface area contributed by atoms with Crippen molar-refractivity contribution in [2.45, 2.75) is 6.92 Å². The average Bonchev–Trinajstić information content (AvgIpc) is 2.64. The van der Waals surface area contributed by atoms with Crippen LogP contribution < -0.4 is 14.8 Å². The topological polar surface area (TPSA) is 73.3 Å². The van der Waals surface area contributed by atoms with Gasteiger partial charge in [-0.1, -0.05) is 12.1 Å². The average molecular weight is 353 g/mol. The zero-order valence-electron chi connectivity index (χ0n) is 14.0. The molecule has 2 aromatic carbocycles. The van der Waals surface area contributed by atoms with Gasteiger partial charge in [0, 0.05) is 18.1 Å². The summed E-state index contributed by atoms with van der Waals surface area (Å²) in [5.74, 6) is -0.321. The minimum absolute atomic E-state index is 0.0333. The molecule has 0 fully saturated rings. The smallest absolute Gasteiger partial charge is 0.321 e. The Bertz CT molecular complexity index is 904. The predicted octanol–water partition coefficient (Wildman–Crippen LogP) is 3.73. The maximum absolute atomic E-state index is 13.5. The molecule has 6 nitrogen and oxygen atoms in total. The van der Waals surface area contributed by atoms with Crippen molar-refractivity contribution < 1.29 is 18.7 Å². The quantitative estimate of drug-likeness (QED) is 0.731. The van der Waals surface area contributed by atoms with Crippen molar-refractivity contribution in [1.82, 2.24) is 9.97 Å². The van der Waals surface area contributed by atoms with E-state index in [0.29, 0.717) is 11.4 Å². The number of ether oxygens (including phenoxy) is 2. The Balaban J connectivity index is 1.59. The molecule has 26 heavy (non-hydrogen) atoms. The summed E-state index contributed by atoms with van der Waals surface area (Å²) in [6.07, 6.45) is 3.17. The molecule has 1 aromatic heterocycles. The Morgan fingerprint density at radius 3 is 2.62 bits per heavy atom. The largest absolute Gasteiger partial charge is 0.481 e. The van der Waals surface area contributed by atoms with Crippen molar-refractivity contribution >= 4 is 11.6 Å². The van der Waals surface area contributed by atoms with Crippen LogP contribution in [0, 0.1) is 12.7 Å². The fourth-order valence-electron chi connectivity index (χ4n) is 2.17. The van der Waals surface area contributed by atoms with E-state index >= 15 is 0 Å². The van der Waals surface area contributed by atoms with Crippen LogP contribution in [-0.2, 0) is 4.79 Å². The second-order valence-corrected chi connectivity index (χ2v) is 5.38. The van der Waals surface area contributed by atoms with Gasteiger partial charge in [-0.2, -0.15) is 0 Å². The molecule has 0 bridgehead atoms. The van der Waals surface area contributed by atoms with Crippen molar-refractivity contribution in [3.05, 3.63) is 72.3 Å². The number of rotatable bonds is 6. The summed E-state index contributed by atoms with van der Waals surface area (Å²) in [7, 11) is 0. The molecule has 0 spiro atoms. The molecule has 0 unspecified atom stereocenters. The van der Waals surface area contributed by atoms with Crippen LogP contribution in [0.25, 0.3) is 0 Å². The maximum Gasteiger partial charge on any atom is 0.321 e. The first-order valence-electron chi connectivity index (χ1n) is 7.84. The van der Waals surface area contributed by atoms with Crippen molar-refractivity contribution in [3.63, 3.8) is 0 Å². The molecular weight excluding hydrogens is 337 g/mol. The third kappa shape index (κ3) is 4.54. The number of hydrogen-bond acceptors (Lipinski definition) is 5. The second-order valence-electron chi connectivity index (χ2n) is 5.38. The number of amides is 1. The Morgan fingerprint density at radius 1 is 1.12 bits per heavy atom. The van der Waals surface area contributed by atoms with E-state index < -0.39 is 11.7 Å². The zero-order valence-corrected chi connectivity index (χ0v) is 14.0. The van der Waals surface area contributed by atoms with Crippen LogP contribution in [0.5, 0.6) is 17.5 Å². The van der Waals surface area contributed by atoms with Crippen LogP contribution in [0.3, 0.4) is 0 Å². The molecular formula is C19H16FN3O3. The molecule has 3 aromatic rings. The van der Waals surface area contributed by atoms with Gasteiger partial charge in [0.25, 0.3) is 5.91 Å². The fraction of sp³-hybridized carbons (Fsp3) is 0.105. The lowest BCUT2D eigenvalue weighted by Crippen LogP contribution is -2.20. The van der Waals surface area contributed by atoms with Crippen molar-refractivity contribution in [2.75, 3.05) is 11.9 Å². The number of nitrogens with one attached hydrogen (secondary N) is 1. The number of carbonyl (C=O) groups is 1. The van der Waals surface area contributed by atoms with Crippen molar-refractivity contribution in [3.8, 4) is 17.5 Å². The molecule has 7 heteroatoms. The van der Waals surface area contributed by atoms with Crippen molar-refractivity contribution in [2.24, 2.45) is 0 Å². The number of carbonyl (C=O) groups excluding carboxylic acids is 1. The molecule has 0 atom stereocenters. The van der Waals surface area contributed by atoms with Crippen LogP contribution in [-0.4, -0.2) is 22.5 Å². The Hall–Kier alpha value is -3.48. The highest BCUT2D eigenvalue weighted by Crippen LogP contribution is 2.24. The van der Waals surface area contributed by atoms with Gasteiger partial charge < -0.3 is 14.8 Å². The first-order valence-corrected chi connectivity index (χ1v) is 7.84. The molecule has 3 rings (SSSR count). The molecule has 0 aliphatic heterocycles. The van der Waals surface area contributed by atoms with E-state index in [2.05, 4.69) is 15.3 Å². The third-order valence-electron chi connectivity index (χ3n) is 3.42. The minimum atomic E-state index is -0.513. The van der Waals surface area contributed by atoms with E-state index in [1.807, 2.05) is 6.92 Å². The lowest BCUT2D eigenvalue weighted by atomic mass is 10.2. The summed E-state index contributed by atoms with van der Waals surface area (Å²) in [5.41, 5.74) is 1.39. The fourth-order valence-corrected chi connectivity index (χ4v) is 2.17. The number of aromatic nitrogens is 2. The van der Waals surface area contributed by atoms with Gasteiger partial charge in [-0.25, -0.2) is 14.4 Å². The lowest BCUT2D eigenvalue weighted by molar-refractivity contribution is -0.118. The number of anilines is 1. The van der Waals surface area contributed by atoms with E-state index in [-0.39, 0.29) is 18.4 Å². The van der Waals surface area contributed by atoms with E-state index in [0.717, 1.165) is 5.56 Å². The molecule has 0 radical (unpaired) electrons. The monoisotopic (exact) mass is 353 g/mol. The van der Waals surface area contributed by atoms with Gasteiger partial charge in [-0.3, -0.25) is 4.79 Å². The summed E-state index contributed by atoms with van der Waals surface area (Å²) in [4.78, 5) is 20.0. The molecule has 0 aliphatic carbocycles. The Labute approximate surface area is 149 Å². The van der Waals surface area contributed by atoms with E-state index in [4.69, 9.17) is 9.47 Å². The SMILES string of the molecule is Cc1cc(Oc2ncccn2)ccc1NC(=O)COc1ccccc1F. The summed E-state index contributed by atoms with van der Waals surface area (Å²) in [5, 5.41) is 2.72. The number of hydrogen-bond donors (Lipinski definition) is 1. The number of halogens is 1. The van der Waals surface area contributed by atoms with Gasteiger partial charge in [-0.05, 0) is 48.9 Å². The highest BCUT2D eigenvalue weighted by atomic mass is 19.1. The molecule has 0 saturated carbocycles. The molecule has 1 amide bonds. The first kappa shape index (κ1) is 17.3. The predicted molar refractivity (Wildman–Crippen MR) is 93.8 cm³/mol. The van der Waals surface area contributed by atoms with Crippen LogP contribution in [0.15, 0.2) is 60.9 Å². The molecule has 0 aliphatic rings. The van der Waals surface area contributed by atoms with E-state index in [9.17, 15) is 9.18 Å². The van der Waals surface area contributed by atoms with E-state index in [1.165, 1.54) is 12.1 Å². The maximum atomic E-state index is 13.5. The van der Waals surface area contributed by atoms with Crippen LogP contribution >= 0.6 is 0 Å². The number of aryl methyl sites for hydroxylation is 1. The first-order chi connectivity index (χ1) is 12.6. The normalized spacial score (nSPS) is 10.2. The van der Waals surface area contributed by atoms with Crippen molar-refractivity contribution in [1.29, 1.82) is 0 Å². The number of nitrogens with zero attached hydrogens (tertiary/aromatic N) is 2. The van der Waals surface area contributed by atoms with Crippen LogP contribution in [0.2, 0.25) is 0 Å². The summed E-state index contributed by atoms with van der Waals surface area (Å²) in [6, 6.07) is 13.0. The highest BCUT2D eigenvalue weighted by Gasteiger charge is 2.09. The molecule has 132 valence electrons. The zero-order chi connectivity index (χ0) is 18.4. The standard InChI is InChI=1S/C19H16FN3O3/c1-13-11-14(26-19-21-9-4-10-22-19)7-8-16(13)23-18(24)12-25-17-6-3-2-5-15(17)20/h2-11H,12H2,1H3,(H,23,24).